The van der Waals surface area contributed by atoms with Gasteiger partial charge in [0, 0.05) is 21.5 Å². The maximum Gasteiger partial charge on any atom is 0.419 e. The van der Waals surface area contributed by atoms with Crippen molar-refractivity contribution < 1.29 is 30.7 Å². The van der Waals surface area contributed by atoms with Crippen molar-refractivity contribution in [2.24, 2.45) is 4.99 Å². The first kappa shape index (κ1) is 29.6. The Kier molecular flexibility index (Phi) is 6.58. The molecule has 0 fully saturated rings. The summed E-state index contributed by atoms with van der Waals surface area (Å²) in [6.07, 6.45) is -7.28. The summed E-state index contributed by atoms with van der Waals surface area (Å²) in [6, 6.07) is 17.2. The zero-order valence-corrected chi connectivity index (χ0v) is 24.4. The van der Waals surface area contributed by atoms with Crippen LogP contribution in [0, 0.1) is 22.7 Å². The number of halogens is 7. The molecule has 0 aliphatic carbocycles. The molecule has 0 spiro atoms. The van der Waals surface area contributed by atoms with Gasteiger partial charge in [0.15, 0.2) is 0 Å². The zero-order valence-electron chi connectivity index (χ0n) is 23.6. The minimum absolute atomic E-state index is 0.178. The lowest BCUT2D eigenvalue weighted by atomic mass is 9.96. The molecule has 46 heavy (non-hydrogen) atoms. The predicted octanol–water partition coefficient (Wildman–Crippen LogP) is 10.2. The Balaban J connectivity index is 1.42. The normalized spacial score (nSPS) is 13.1. The van der Waals surface area contributed by atoms with E-state index in [0.717, 1.165) is 28.3 Å². The van der Waals surface area contributed by atoms with Gasteiger partial charge in [-0.1, -0.05) is 49.4 Å². The highest BCUT2D eigenvalue weighted by atomic mass is 32.1. The number of nitriles is 1. The van der Waals surface area contributed by atoms with Crippen LogP contribution in [-0.2, 0) is 18.8 Å². The molecule has 0 atom stereocenters. The van der Waals surface area contributed by atoms with E-state index in [4.69, 9.17) is 5.41 Å². The predicted molar refractivity (Wildman–Crippen MR) is 164 cm³/mol. The molecule has 11 heteroatoms. The number of fused-ring (bicyclic) bond motifs is 7. The third-order valence-electron chi connectivity index (χ3n) is 8.35. The van der Waals surface area contributed by atoms with Crippen LogP contribution in [0.4, 0.5) is 30.7 Å². The Bertz CT molecular complexity index is 2540. The zero-order chi connectivity index (χ0) is 32.7. The van der Waals surface area contributed by atoms with Gasteiger partial charge in [0.05, 0.1) is 25.9 Å². The maximum atomic E-state index is 14.4. The second-order valence-electron chi connectivity index (χ2n) is 10.9. The number of nitrogens with zero attached hydrogens (tertiary/aromatic N) is 2. The first-order valence-corrected chi connectivity index (χ1v) is 14.7. The largest absolute Gasteiger partial charge is 0.419 e. The fourth-order valence-electron chi connectivity index (χ4n) is 6.25. The number of hydrogen-bond donors (Lipinski definition) is 1. The molecule has 0 amide bonds. The average molecular weight is 646 g/mol. The third-order valence-corrected chi connectivity index (χ3v) is 9.56. The van der Waals surface area contributed by atoms with Crippen LogP contribution in [0.5, 0.6) is 0 Å². The minimum Gasteiger partial charge on any atom is -0.299 e. The van der Waals surface area contributed by atoms with Crippen LogP contribution < -0.4 is 10.7 Å². The summed E-state index contributed by atoms with van der Waals surface area (Å²) >= 11 is 1.29. The molecular weight excluding hydrogens is 627 g/mol. The van der Waals surface area contributed by atoms with Gasteiger partial charge in [0.25, 0.3) is 0 Å². The van der Waals surface area contributed by atoms with E-state index in [2.05, 4.69) is 4.99 Å². The molecule has 0 bridgehead atoms. The molecule has 228 valence electrons. The standard InChI is InChI=1S/C35H18F7N3S/c1-2-16-11-17(5-9-25(16)34(37,38)39)18-3-7-21-23(12-18)30(44)32-28(21)29-22-8-4-19(13-24(22)31(45-15-43)33(29)46-32)20-6-10-26(27(36)14-20)35(40,41)42/h3-14,44H,2H2,1H3/b44-30?,45-31+. The van der Waals surface area contributed by atoms with Crippen LogP contribution in [0.15, 0.2) is 77.8 Å². The van der Waals surface area contributed by atoms with Crippen molar-refractivity contribution in [2.45, 2.75) is 25.7 Å². The number of alkyl halides is 6. The van der Waals surface area contributed by atoms with Gasteiger partial charge in [-0.05, 0) is 75.3 Å². The second-order valence-corrected chi connectivity index (χ2v) is 11.9. The van der Waals surface area contributed by atoms with Crippen molar-refractivity contribution in [3.63, 3.8) is 0 Å². The van der Waals surface area contributed by atoms with E-state index in [9.17, 15) is 36.0 Å². The molecule has 3 nitrogen and oxygen atoms in total. The second kappa shape index (κ2) is 10.2. The average Bonchev–Trinajstić information content (AvgIpc) is 3.62. The van der Waals surface area contributed by atoms with Crippen molar-refractivity contribution in [3.8, 4) is 28.4 Å². The highest BCUT2D eigenvalue weighted by molar-refractivity contribution is 7.26. The molecule has 7 rings (SSSR count). The lowest BCUT2D eigenvalue weighted by Gasteiger charge is -2.13. The van der Waals surface area contributed by atoms with Crippen molar-refractivity contribution >= 4 is 53.1 Å². The first-order chi connectivity index (χ1) is 21.8. The van der Waals surface area contributed by atoms with Crippen LogP contribution in [0.2, 0.25) is 0 Å². The van der Waals surface area contributed by atoms with Crippen LogP contribution in [0.25, 0.3) is 64.0 Å². The first-order valence-electron chi connectivity index (χ1n) is 13.9. The monoisotopic (exact) mass is 645 g/mol. The van der Waals surface area contributed by atoms with Gasteiger partial charge < -0.3 is 0 Å². The van der Waals surface area contributed by atoms with Gasteiger partial charge in [0.2, 0.25) is 6.19 Å². The Morgan fingerprint density at radius 3 is 1.80 bits per heavy atom. The van der Waals surface area contributed by atoms with E-state index in [1.165, 1.54) is 29.5 Å². The lowest BCUT2D eigenvalue weighted by Crippen LogP contribution is -2.08. The summed E-state index contributed by atoms with van der Waals surface area (Å²) in [6.45, 7) is 1.66. The van der Waals surface area contributed by atoms with Gasteiger partial charge in [-0.3, -0.25) is 5.41 Å². The van der Waals surface area contributed by atoms with E-state index < -0.39 is 29.3 Å². The fourth-order valence-corrected chi connectivity index (χ4v) is 7.54. The van der Waals surface area contributed by atoms with Crippen molar-refractivity contribution in [3.05, 3.63) is 106 Å². The van der Waals surface area contributed by atoms with Gasteiger partial charge >= 0.3 is 12.4 Å². The quantitative estimate of drug-likeness (QED) is 0.151. The van der Waals surface area contributed by atoms with Crippen molar-refractivity contribution in [1.29, 1.82) is 10.7 Å². The number of nitrogens with one attached hydrogen (secondary N) is 1. The molecular formula is C35H18F7N3S. The summed E-state index contributed by atoms with van der Waals surface area (Å²) in [4.78, 5) is 4.05. The Labute approximate surface area is 259 Å². The lowest BCUT2D eigenvalue weighted by molar-refractivity contribution is -0.140. The van der Waals surface area contributed by atoms with Crippen molar-refractivity contribution in [1.82, 2.24) is 0 Å². The maximum absolute atomic E-state index is 14.4. The van der Waals surface area contributed by atoms with Gasteiger partial charge in [-0.25, -0.2) is 4.39 Å². The van der Waals surface area contributed by atoms with Crippen LogP contribution in [0.3, 0.4) is 0 Å². The smallest absolute Gasteiger partial charge is 0.299 e. The molecule has 0 radical (unpaired) electrons. The van der Waals surface area contributed by atoms with E-state index >= 15 is 0 Å². The van der Waals surface area contributed by atoms with Crippen LogP contribution >= 0.6 is 11.3 Å². The SMILES string of the molecule is CCc1cc(-c2ccc3c(c2)c(=N)c2sc4/c(=N/C#N)c5cc(-c6ccc(C(F)(F)F)c(F)c6)ccc5c4c23)ccc1C(F)(F)F. The third kappa shape index (κ3) is 4.47. The molecule has 7 aromatic rings. The summed E-state index contributed by atoms with van der Waals surface area (Å²) in [7, 11) is 0. The highest BCUT2D eigenvalue weighted by Gasteiger charge is 2.34. The summed E-state index contributed by atoms with van der Waals surface area (Å²) in [5, 5.41) is 23.2. The molecule has 1 heterocycles. The molecule has 0 unspecified atom stereocenters. The van der Waals surface area contributed by atoms with E-state index in [-0.39, 0.29) is 22.9 Å². The topological polar surface area (TPSA) is 60.0 Å². The number of hydrogen-bond acceptors (Lipinski definition) is 4. The van der Waals surface area contributed by atoms with Crippen LogP contribution in [-0.4, -0.2) is 0 Å². The molecule has 6 aromatic carbocycles. The number of aryl methyl sites for hydroxylation is 1. The van der Waals surface area contributed by atoms with Crippen LogP contribution in [0.1, 0.15) is 23.6 Å². The van der Waals surface area contributed by atoms with Gasteiger partial charge in [-0.2, -0.15) is 36.6 Å². The van der Waals surface area contributed by atoms with Crippen molar-refractivity contribution in [2.75, 3.05) is 0 Å². The number of benzene rings is 4. The summed E-state index contributed by atoms with van der Waals surface area (Å²) in [5.74, 6) is -1.40. The van der Waals surface area contributed by atoms with E-state index in [0.29, 0.717) is 53.7 Å². The molecule has 1 N–H and O–H groups in total. The van der Waals surface area contributed by atoms with E-state index in [1.807, 2.05) is 12.3 Å². The fraction of sp³-hybridized carbons (Fsp3) is 0.114. The molecule has 0 saturated carbocycles. The number of rotatable bonds is 3. The summed E-state index contributed by atoms with van der Waals surface area (Å²) in [5.41, 5.74) is 0.0580. The number of thiophene rings is 1. The molecule has 0 saturated heterocycles. The molecule has 0 aliphatic rings. The summed E-state index contributed by atoms with van der Waals surface area (Å²) < 4.78 is 95.5. The highest BCUT2D eigenvalue weighted by Crippen LogP contribution is 2.43. The minimum atomic E-state index is -4.83. The Morgan fingerprint density at radius 1 is 0.696 bits per heavy atom. The van der Waals surface area contributed by atoms with Gasteiger partial charge in [-0.15, -0.1) is 11.3 Å². The van der Waals surface area contributed by atoms with E-state index in [1.54, 1.807) is 37.3 Å². The molecule has 0 aliphatic heterocycles. The Hall–Kier alpha value is -5.08. The van der Waals surface area contributed by atoms with Gasteiger partial charge in [0.1, 0.15) is 11.2 Å². The molecule has 1 aromatic heterocycles. The Morgan fingerprint density at radius 2 is 1.22 bits per heavy atom.